The van der Waals surface area contributed by atoms with Gasteiger partial charge >= 0.3 is 6.03 Å². The largest absolute Gasteiger partial charge is 0.381 e. The van der Waals surface area contributed by atoms with Crippen molar-refractivity contribution in [3.63, 3.8) is 0 Å². The molecule has 4 heterocycles. The van der Waals surface area contributed by atoms with E-state index in [9.17, 15) is 4.79 Å². The summed E-state index contributed by atoms with van der Waals surface area (Å²) in [6.45, 7) is 7.73. The normalized spacial score (nSPS) is 36.4. The topological polar surface area (TPSA) is 44.8 Å². The Hall–Kier alpha value is -0.810. The van der Waals surface area contributed by atoms with Crippen LogP contribution in [0.25, 0.3) is 0 Å². The zero-order valence-electron chi connectivity index (χ0n) is 11.4. The Morgan fingerprint density at radius 1 is 1.05 bits per heavy atom. The summed E-state index contributed by atoms with van der Waals surface area (Å²) in [7, 11) is 0. The Kier molecular flexibility index (Phi) is 2.74. The van der Waals surface area contributed by atoms with E-state index in [-0.39, 0.29) is 6.03 Å². The van der Waals surface area contributed by atoms with Gasteiger partial charge in [-0.2, -0.15) is 0 Å². The molecule has 4 saturated heterocycles. The molecule has 2 unspecified atom stereocenters. The summed E-state index contributed by atoms with van der Waals surface area (Å²) in [5.41, 5.74) is 0.444. The molecule has 1 N–H and O–H groups in total. The minimum absolute atomic E-state index is 0.276. The third-order valence-corrected chi connectivity index (χ3v) is 5.50. The number of nitrogens with one attached hydrogen (secondary N) is 1. The lowest BCUT2D eigenvalue weighted by Gasteiger charge is -2.53. The minimum atomic E-state index is 0.276. The number of ether oxygens (including phenoxy) is 1. The molecular weight excluding hydrogens is 242 g/mol. The van der Waals surface area contributed by atoms with Crippen molar-refractivity contribution in [1.82, 2.24) is 15.1 Å². The lowest BCUT2D eigenvalue weighted by Crippen LogP contribution is -2.63. The summed E-state index contributed by atoms with van der Waals surface area (Å²) in [5.74, 6) is 1.19. The van der Waals surface area contributed by atoms with E-state index in [0.717, 1.165) is 52.5 Å². The highest BCUT2D eigenvalue weighted by molar-refractivity contribution is 5.76. The summed E-state index contributed by atoms with van der Waals surface area (Å²) in [5, 5.41) is 3.41. The Morgan fingerprint density at radius 3 is 2.32 bits per heavy atom. The first-order valence-electron chi connectivity index (χ1n) is 7.58. The average Bonchev–Trinajstić information content (AvgIpc) is 2.96. The lowest BCUT2D eigenvalue weighted by molar-refractivity contribution is -0.00461. The number of rotatable bonds is 0. The second-order valence-electron chi connectivity index (χ2n) is 6.85. The molecule has 19 heavy (non-hydrogen) atoms. The maximum absolute atomic E-state index is 12.5. The van der Waals surface area contributed by atoms with Gasteiger partial charge in [0.15, 0.2) is 0 Å². The maximum Gasteiger partial charge on any atom is 0.320 e. The predicted octanol–water partition coefficient (Wildman–Crippen LogP) is 0.370. The third-order valence-electron chi connectivity index (χ3n) is 5.50. The third kappa shape index (κ3) is 1.94. The number of piperidine rings is 1. The van der Waals surface area contributed by atoms with E-state index in [1.54, 1.807) is 0 Å². The molecule has 2 atom stereocenters. The van der Waals surface area contributed by atoms with Crippen molar-refractivity contribution in [2.24, 2.45) is 17.3 Å². The fraction of sp³-hybridized carbons (Fsp3) is 0.929. The highest BCUT2D eigenvalue weighted by Gasteiger charge is 2.48. The first kappa shape index (κ1) is 12.0. The van der Waals surface area contributed by atoms with Gasteiger partial charge in [-0.05, 0) is 25.9 Å². The van der Waals surface area contributed by atoms with Gasteiger partial charge in [-0.15, -0.1) is 0 Å². The van der Waals surface area contributed by atoms with E-state index >= 15 is 0 Å². The molecule has 0 saturated carbocycles. The van der Waals surface area contributed by atoms with Gasteiger partial charge in [0.05, 0.1) is 13.2 Å². The van der Waals surface area contributed by atoms with Gasteiger partial charge in [0, 0.05) is 43.4 Å². The number of carbonyl (C=O) groups is 1. The smallest absolute Gasteiger partial charge is 0.320 e. The molecule has 0 bridgehead atoms. The van der Waals surface area contributed by atoms with Crippen molar-refractivity contribution >= 4 is 6.03 Å². The zero-order valence-corrected chi connectivity index (χ0v) is 11.4. The number of fused-ring (bicyclic) bond motifs is 1. The zero-order chi connectivity index (χ0) is 12.9. The number of carbonyl (C=O) groups excluding carboxylic acids is 1. The molecule has 4 rings (SSSR count). The molecule has 4 aliphatic rings. The first-order valence-corrected chi connectivity index (χ1v) is 7.58. The van der Waals surface area contributed by atoms with Gasteiger partial charge in [-0.1, -0.05) is 0 Å². The highest BCUT2D eigenvalue weighted by Crippen LogP contribution is 2.40. The van der Waals surface area contributed by atoms with E-state index in [2.05, 4.69) is 15.1 Å². The van der Waals surface area contributed by atoms with E-state index in [1.807, 2.05) is 0 Å². The lowest BCUT2D eigenvalue weighted by atomic mass is 9.72. The molecule has 0 aromatic rings. The Labute approximate surface area is 114 Å². The van der Waals surface area contributed by atoms with E-state index in [4.69, 9.17) is 4.74 Å². The average molecular weight is 265 g/mol. The van der Waals surface area contributed by atoms with Crippen LogP contribution in [0.1, 0.15) is 12.8 Å². The van der Waals surface area contributed by atoms with Crippen molar-refractivity contribution in [3.8, 4) is 0 Å². The van der Waals surface area contributed by atoms with Crippen molar-refractivity contribution < 1.29 is 9.53 Å². The SMILES string of the molecule is O=C(N1CC2COCC2C1)N1CC2(CCNCC2)C1. The van der Waals surface area contributed by atoms with Crippen LogP contribution in [0, 0.1) is 17.3 Å². The molecule has 0 aromatic heterocycles. The summed E-state index contributed by atoms with van der Waals surface area (Å²) in [6, 6.07) is 0.276. The Bertz CT molecular complexity index is 361. The Morgan fingerprint density at radius 2 is 1.68 bits per heavy atom. The van der Waals surface area contributed by atoms with Crippen LogP contribution in [-0.2, 0) is 4.74 Å². The molecule has 4 aliphatic heterocycles. The molecule has 5 nitrogen and oxygen atoms in total. The van der Waals surface area contributed by atoms with Crippen molar-refractivity contribution in [2.75, 3.05) is 52.5 Å². The highest BCUT2D eigenvalue weighted by atomic mass is 16.5. The van der Waals surface area contributed by atoms with Gasteiger partial charge in [-0.25, -0.2) is 4.79 Å². The number of nitrogens with zero attached hydrogens (tertiary/aromatic N) is 2. The fourth-order valence-electron chi connectivity index (χ4n) is 4.22. The van der Waals surface area contributed by atoms with Gasteiger partial charge in [0.2, 0.25) is 0 Å². The number of amides is 2. The van der Waals surface area contributed by atoms with E-state index in [1.165, 1.54) is 12.8 Å². The van der Waals surface area contributed by atoms with Crippen LogP contribution in [0.15, 0.2) is 0 Å². The Balaban J connectivity index is 1.33. The summed E-state index contributed by atoms with van der Waals surface area (Å²) < 4.78 is 5.47. The molecule has 0 radical (unpaired) electrons. The molecule has 5 heteroatoms. The first-order chi connectivity index (χ1) is 9.26. The van der Waals surface area contributed by atoms with Crippen LogP contribution < -0.4 is 5.32 Å². The van der Waals surface area contributed by atoms with Gasteiger partial charge in [0.25, 0.3) is 0 Å². The molecule has 1 spiro atoms. The molecule has 0 aromatic carbocycles. The quantitative estimate of drug-likeness (QED) is 0.688. The van der Waals surface area contributed by atoms with Crippen LogP contribution >= 0.6 is 0 Å². The van der Waals surface area contributed by atoms with Crippen molar-refractivity contribution in [1.29, 1.82) is 0 Å². The minimum Gasteiger partial charge on any atom is -0.381 e. The standard InChI is InChI=1S/C14H23N3O2/c18-13(16-5-11-7-19-8-12(11)6-16)17-9-14(10-17)1-3-15-4-2-14/h11-12,15H,1-10H2. The van der Waals surface area contributed by atoms with E-state index < -0.39 is 0 Å². The maximum atomic E-state index is 12.5. The monoisotopic (exact) mass is 265 g/mol. The van der Waals surface area contributed by atoms with Crippen LogP contribution in [0.5, 0.6) is 0 Å². The van der Waals surface area contributed by atoms with Crippen molar-refractivity contribution in [2.45, 2.75) is 12.8 Å². The summed E-state index contributed by atoms with van der Waals surface area (Å²) >= 11 is 0. The fourth-order valence-corrected chi connectivity index (χ4v) is 4.22. The predicted molar refractivity (Wildman–Crippen MR) is 70.9 cm³/mol. The summed E-state index contributed by atoms with van der Waals surface area (Å²) in [4.78, 5) is 16.6. The van der Waals surface area contributed by atoms with Gasteiger partial charge in [0.1, 0.15) is 0 Å². The molecule has 0 aliphatic carbocycles. The van der Waals surface area contributed by atoms with Crippen molar-refractivity contribution in [3.05, 3.63) is 0 Å². The van der Waals surface area contributed by atoms with E-state index in [0.29, 0.717) is 17.3 Å². The number of hydrogen-bond donors (Lipinski definition) is 1. The number of likely N-dealkylation sites (tertiary alicyclic amines) is 2. The van der Waals surface area contributed by atoms with Crippen LogP contribution in [0.4, 0.5) is 4.79 Å². The number of hydrogen-bond acceptors (Lipinski definition) is 3. The van der Waals surface area contributed by atoms with Gasteiger partial charge in [-0.3, -0.25) is 0 Å². The van der Waals surface area contributed by atoms with Crippen LogP contribution in [0.3, 0.4) is 0 Å². The van der Waals surface area contributed by atoms with Crippen LogP contribution in [-0.4, -0.2) is 68.3 Å². The number of urea groups is 1. The molecular formula is C14H23N3O2. The van der Waals surface area contributed by atoms with Gasteiger partial charge < -0.3 is 19.9 Å². The van der Waals surface area contributed by atoms with Crippen LogP contribution in [0.2, 0.25) is 0 Å². The summed E-state index contributed by atoms with van der Waals surface area (Å²) in [6.07, 6.45) is 2.46. The second-order valence-corrected chi connectivity index (χ2v) is 6.85. The molecule has 106 valence electrons. The molecule has 4 fully saturated rings. The molecule has 2 amide bonds. The second kappa shape index (κ2) is 4.35.